The fourth-order valence-corrected chi connectivity index (χ4v) is 2.98. The summed E-state index contributed by atoms with van der Waals surface area (Å²) in [6.07, 6.45) is 1.62. The van der Waals surface area contributed by atoms with E-state index in [-0.39, 0.29) is 6.04 Å². The van der Waals surface area contributed by atoms with Gasteiger partial charge in [0.25, 0.3) is 10.2 Å². The smallest absolute Gasteiger partial charge is 0.274 e. The Morgan fingerprint density at radius 1 is 1.22 bits per heavy atom. The van der Waals surface area contributed by atoms with Crippen LogP contribution in [0.15, 0.2) is 30.3 Å². The Labute approximate surface area is 108 Å². The second-order valence-electron chi connectivity index (χ2n) is 4.70. The molecule has 1 heterocycles. The largest absolute Gasteiger partial charge is 0.299 e. The van der Waals surface area contributed by atoms with Crippen LogP contribution in [0.3, 0.4) is 0 Å². The van der Waals surface area contributed by atoms with E-state index in [9.17, 15) is 8.42 Å². The Morgan fingerprint density at radius 2 is 1.83 bits per heavy atom. The number of hydrogen-bond acceptors (Lipinski definition) is 3. The molecule has 1 aliphatic heterocycles. The van der Waals surface area contributed by atoms with Gasteiger partial charge in [-0.05, 0) is 18.4 Å². The number of benzene rings is 1. The van der Waals surface area contributed by atoms with Gasteiger partial charge >= 0.3 is 0 Å². The van der Waals surface area contributed by atoms with Crippen LogP contribution in [-0.2, 0) is 16.8 Å². The van der Waals surface area contributed by atoms with Gasteiger partial charge in [-0.1, -0.05) is 30.3 Å². The van der Waals surface area contributed by atoms with Crippen LogP contribution in [0.4, 0.5) is 0 Å². The third-order valence-corrected chi connectivity index (χ3v) is 3.83. The molecule has 0 atom stereocenters. The molecule has 1 aromatic rings. The summed E-state index contributed by atoms with van der Waals surface area (Å²) in [7, 11) is -3.57. The van der Waals surface area contributed by atoms with Gasteiger partial charge in [-0.15, -0.1) is 0 Å². The summed E-state index contributed by atoms with van der Waals surface area (Å²) in [6, 6.07) is 10.3. The highest BCUT2D eigenvalue weighted by molar-refractivity contribution is 7.87. The van der Waals surface area contributed by atoms with Gasteiger partial charge in [-0.25, -0.2) is 5.14 Å². The first-order valence-electron chi connectivity index (χ1n) is 6.09. The summed E-state index contributed by atoms with van der Waals surface area (Å²) in [5.41, 5.74) is 1.29. The molecule has 0 radical (unpaired) electrons. The Balaban J connectivity index is 1.80. The van der Waals surface area contributed by atoms with E-state index >= 15 is 0 Å². The summed E-state index contributed by atoms with van der Waals surface area (Å²) in [5.74, 6) is 0. The van der Waals surface area contributed by atoms with Crippen LogP contribution >= 0.6 is 0 Å². The van der Waals surface area contributed by atoms with Gasteiger partial charge in [0.05, 0.1) is 0 Å². The highest BCUT2D eigenvalue weighted by Gasteiger charge is 2.21. The van der Waals surface area contributed by atoms with Crippen molar-refractivity contribution >= 4 is 10.2 Å². The predicted molar refractivity (Wildman–Crippen MR) is 71.0 cm³/mol. The minimum absolute atomic E-state index is 0.0213. The topological polar surface area (TPSA) is 75.4 Å². The molecule has 18 heavy (non-hydrogen) atoms. The van der Waals surface area contributed by atoms with E-state index in [4.69, 9.17) is 5.14 Å². The number of piperidine rings is 1. The van der Waals surface area contributed by atoms with Gasteiger partial charge < -0.3 is 0 Å². The average Bonchev–Trinajstić information content (AvgIpc) is 2.31. The highest BCUT2D eigenvalue weighted by Crippen LogP contribution is 2.13. The van der Waals surface area contributed by atoms with Crippen LogP contribution in [0.2, 0.25) is 0 Å². The molecule has 0 amide bonds. The third kappa shape index (κ3) is 4.38. The molecule has 1 fully saturated rings. The molecule has 0 bridgehead atoms. The molecule has 0 aromatic heterocycles. The normalized spacial score (nSPS) is 18.9. The first kappa shape index (κ1) is 13.5. The van der Waals surface area contributed by atoms with E-state index in [1.54, 1.807) is 0 Å². The molecule has 0 spiro atoms. The van der Waals surface area contributed by atoms with E-state index in [1.165, 1.54) is 5.56 Å². The SMILES string of the molecule is NS(=O)(=O)NC1CCN(Cc2ccccc2)CC1. The molecule has 100 valence electrons. The summed E-state index contributed by atoms with van der Waals surface area (Å²) >= 11 is 0. The van der Waals surface area contributed by atoms with E-state index in [1.807, 2.05) is 18.2 Å². The maximum atomic E-state index is 10.9. The van der Waals surface area contributed by atoms with Crippen molar-refractivity contribution in [2.24, 2.45) is 5.14 Å². The summed E-state index contributed by atoms with van der Waals surface area (Å²) in [4.78, 5) is 2.33. The molecular weight excluding hydrogens is 250 g/mol. The van der Waals surface area contributed by atoms with Crippen LogP contribution in [0.25, 0.3) is 0 Å². The highest BCUT2D eigenvalue weighted by atomic mass is 32.2. The van der Waals surface area contributed by atoms with E-state index in [2.05, 4.69) is 21.8 Å². The van der Waals surface area contributed by atoms with Crippen LogP contribution in [0.1, 0.15) is 18.4 Å². The maximum absolute atomic E-state index is 10.9. The zero-order chi connectivity index (χ0) is 13.0. The molecule has 2 rings (SSSR count). The van der Waals surface area contributed by atoms with Crippen molar-refractivity contribution in [3.8, 4) is 0 Å². The van der Waals surface area contributed by atoms with Gasteiger partial charge in [0, 0.05) is 25.7 Å². The second-order valence-corrected chi connectivity index (χ2v) is 6.02. The number of nitrogens with one attached hydrogen (secondary N) is 1. The molecular formula is C12H19N3O2S. The van der Waals surface area contributed by atoms with E-state index in [0.29, 0.717) is 0 Å². The number of nitrogens with two attached hydrogens (primary N) is 1. The van der Waals surface area contributed by atoms with Crippen LogP contribution in [-0.4, -0.2) is 32.4 Å². The van der Waals surface area contributed by atoms with E-state index in [0.717, 1.165) is 32.5 Å². The van der Waals surface area contributed by atoms with Crippen LogP contribution in [0.5, 0.6) is 0 Å². The molecule has 1 aromatic carbocycles. The molecule has 1 aliphatic rings. The van der Waals surface area contributed by atoms with Crippen molar-refractivity contribution in [3.63, 3.8) is 0 Å². The quantitative estimate of drug-likeness (QED) is 0.833. The number of rotatable bonds is 4. The number of hydrogen-bond donors (Lipinski definition) is 2. The van der Waals surface area contributed by atoms with Crippen molar-refractivity contribution < 1.29 is 8.42 Å². The minimum Gasteiger partial charge on any atom is -0.299 e. The zero-order valence-electron chi connectivity index (χ0n) is 10.2. The van der Waals surface area contributed by atoms with Crippen molar-refractivity contribution in [3.05, 3.63) is 35.9 Å². The molecule has 6 heteroatoms. The summed E-state index contributed by atoms with van der Waals surface area (Å²) < 4.78 is 24.3. The van der Waals surface area contributed by atoms with Gasteiger partial charge in [-0.2, -0.15) is 13.1 Å². The molecule has 0 saturated carbocycles. The fourth-order valence-electron chi connectivity index (χ4n) is 2.28. The second kappa shape index (κ2) is 5.79. The Morgan fingerprint density at radius 3 is 2.39 bits per heavy atom. The summed E-state index contributed by atoms with van der Waals surface area (Å²) in [5, 5.41) is 4.97. The number of nitrogens with zero attached hydrogens (tertiary/aromatic N) is 1. The van der Waals surface area contributed by atoms with E-state index < -0.39 is 10.2 Å². The van der Waals surface area contributed by atoms with Gasteiger partial charge in [0.1, 0.15) is 0 Å². The monoisotopic (exact) mass is 269 g/mol. The van der Waals surface area contributed by atoms with Crippen molar-refractivity contribution in [2.45, 2.75) is 25.4 Å². The maximum Gasteiger partial charge on any atom is 0.274 e. The van der Waals surface area contributed by atoms with Gasteiger partial charge in [0.15, 0.2) is 0 Å². The van der Waals surface area contributed by atoms with Crippen molar-refractivity contribution in [1.82, 2.24) is 9.62 Å². The predicted octanol–water partition coefficient (Wildman–Crippen LogP) is 0.444. The number of likely N-dealkylation sites (tertiary alicyclic amines) is 1. The Bertz CT molecular complexity index is 467. The van der Waals surface area contributed by atoms with Crippen molar-refractivity contribution in [1.29, 1.82) is 0 Å². The first-order chi connectivity index (χ1) is 8.53. The van der Waals surface area contributed by atoms with Crippen LogP contribution < -0.4 is 9.86 Å². The van der Waals surface area contributed by atoms with Crippen molar-refractivity contribution in [2.75, 3.05) is 13.1 Å². The van der Waals surface area contributed by atoms with Crippen LogP contribution in [0, 0.1) is 0 Å². The standard InChI is InChI=1S/C12H19N3O2S/c13-18(16,17)14-12-6-8-15(9-7-12)10-11-4-2-1-3-5-11/h1-5,12,14H,6-10H2,(H2,13,16,17). The average molecular weight is 269 g/mol. The summed E-state index contributed by atoms with van der Waals surface area (Å²) in [6.45, 7) is 2.70. The van der Waals surface area contributed by atoms with Gasteiger partial charge in [-0.3, -0.25) is 4.90 Å². The first-order valence-corrected chi connectivity index (χ1v) is 7.64. The minimum atomic E-state index is -3.57. The lowest BCUT2D eigenvalue weighted by Crippen LogP contribution is -2.46. The lowest BCUT2D eigenvalue weighted by molar-refractivity contribution is 0.200. The third-order valence-electron chi connectivity index (χ3n) is 3.17. The molecule has 1 saturated heterocycles. The molecule has 3 N–H and O–H groups in total. The zero-order valence-corrected chi connectivity index (χ0v) is 11.1. The lowest BCUT2D eigenvalue weighted by Gasteiger charge is -2.31. The van der Waals surface area contributed by atoms with Gasteiger partial charge in [0.2, 0.25) is 0 Å². The Kier molecular flexibility index (Phi) is 4.34. The Hall–Kier alpha value is -0.950. The molecule has 5 nitrogen and oxygen atoms in total. The lowest BCUT2D eigenvalue weighted by atomic mass is 10.1. The molecule has 0 unspecified atom stereocenters. The molecule has 0 aliphatic carbocycles. The fraction of sp³-hybridized carbons (Fsp3) is 0.500.